The summed E-state index contributed by atoms with van der Waals surface area (Å²) in [7, 11) is 0. The maximum atomic E-state index is 11.6. The minimum Gasteiger partial charge on any atom is -0.480 e. The molecule has 4 fully saturated rings. The molecule has 0 heterocycles. The average Bonchev–Trinajstić information content (AvgIpc) is 2.25. The summed E-state index contributed by atoms with van der Waals surface area (Å²) in [6.45, 7) is 4.24. The van der Waals surface area contributed by atoms with E-state index in [9.17, 15) is 9.90 Å². The summed E-state index contributed by atoms with van der Waals surface area (Å²) in [5, 5.41) is 9.85. The van der Waals surface area contributed by atoms with Crippen LogP contribution in [0, 0.1) is 29.6 Å². The fourth-order valence-electron chi connectivity index (χ4n) is 5.07. The van der Waals surface area contributed by atoms with Crippen molar-refractivity contribution in [3.63, 3.8) is 0 Å². The molecule has 4 aliphatic rings. The van der Waals surface area contributed by atoms with Crippen molar-refractivity contribution in [1.82, 2.24) is 0 Å². The van der Waals surface area contributed by atoms with Crippen molar-refractivity contribution in [3.8, 4) is 0 Å². The zero-order valence-corrected chi connectivity index (χ0v) is 12.2. The molecule has 4 rings (SSSR count). The number of hydrogen-bond acceptors (Lipinski definition) is 2. The molecule has 1 atom stereocenters. The number of aliphatic carboxylic acids is 1. The molecule has 0 radical (unpaired) electrons. The molecule has 4 bridgehead atoms. The first-order valence-electron chi connectivity index (χ1n) is 7.42. The first-order chi connectivity index (χ1) is 8.54. The van der Waals surface area contributed by atoms with E-state index in [2.05, 4.69) is 13.8 Å². The van der Waals surface area contributed by atoms with Crippen LogP contribution in [-0.2, 0) is 4.79 Å². The molecule has 0 amide bonds. The predicted octanol–water partition coefficient (Wildman–Crippen LogP) is 3.65. The van der Waals surface area contributed by atoms with Gasteiger partial charge in [0.2, 0.25) is 0 Å². The molecule has 4 saturated carbocycles. The van der Waals surface area contributed by atoms with Crippen LogP contribution in [0.15, 0.2) is 0 Å². The average molecular weight is 268 g/mol. The lowest BCUT2D eigenvalue weighted by atomic mass is 9.51. The zero-order chi connectivity index (χ0) is 12.9. The van der Waals surface area contributed by atoms with Gasteiger partial charge in [-0.05, 0) is 66.9 Å². The van der Waals surface area contributed by atoms with Gasteiger partial charge in [0.05, 0.1) is 0 Å². The van der Waals surface area contributed by atoms with Crippen LogP contribution in [0.2, 0.25) is 0 Å². The van der Waals surface area contributed by atoms with E-state index in [1.807, 2.05) is 0 Å². The van der Waals surface area contributed by atoms with Crippen molar-refractivity contribution < 1.29 is 9.90 Å². The highest BCUT2D eigenvalue weighted by molar-refractivity contribution is 8.01. The van der Waals surface area contributed by atoms with Gasteiger partial charge in [-0.25, -0.2) is 0 Å². The summed E-state index contributed by atoms with van der Waals surface area (Å²) in [6, 6.07) is 0. The van der Waals surface area contributed by atoms with Gasteiger partial charge in [-0.1, -0.05) is 13.8 Å². The number of carboxylic acid groups (broad SMARTS) is 1. The van der Waals surface area contributed by atoms with E-state index in [0.717, 1.165) is 11.8 Å². The number of carbonyl (C=O) groups is 1. The molecule has 102 valence electrons. The van der Waals surface area contributed by atoms with Crippen molar-refractivity contribution in [2.24, 2.45) is 29.6 Å². The molecule has 0 aromatic rings. The Morgan fingerprint density at radius 2 is 1.56 bits per heavy atom. The van der Waals surface area contributed by atoms with E-state index in [1.165, 1.54) is 32.1 Å². The second-order valence-corrected chi connectivity index (χ2v) is 8.67. The standard InChI is InChI=1S/C15H24O2S/c1-8(2)18-14(15(16)17)13-11-4-9-3-10(6-11)7-12(13)5-9/h8-14H,3-7H2,1-2H3,(H,16,17). The molecule has 1 N–H and O–H groups in total. The second-order valence-electron chi connectivity index (χ2n) is 6.95. The fourth-order valence-corrected chi connectivity index (χ4v) is 6.40. The molecular formula is C15H24O2S. The SMILES string of the molecule is CC(C)SC(C(=O)O)C1C2CC3CC(C2)CC1C3. The normalized spacial score (nSPS) is 43.4. The molecule has 2 nitrogen and oxygen atoms in total. The van der Waals surface area contributed by atoms with Gasteiger partial charge in [0.25, 0.3) is 0 Å². The van der Waals surface area contributed by atoms with Crippen molar-refractivity contribution in [2.75, 3.05) is 0 Å². The second kappa shape index (κ2) is 4.73. The maximum Gasteiger partial charge on any atom is 0.316 e. The lowest BCUT2D eigenvalue weighted by molar-refractivity contribution is -0.141. The molecule has 0 aliphatic heterocycles. The summed E-state index contributed by atoms with van der Waals surface area (Å²) in [5.74, 6) is 3.19. The summed E-state index contributed by atoms with van der Waals surface area (Å²) in [6.07, 6.45) is 6.72. The number of carboxylic acids is 1. The van der Waals surface area contributed by atoms with E-state index >= 15 is 0 Å². The summed E-state index contributed by atoms with van der Waals surface area (Å²) in [4.78, 5) is 11.6. The number of hydrogen-bond donors (Lipinski definition) is 1. The van der Waals surface area contributed by atoms with Crippen LogP contribution < -0.4 is 0 Å². The molecule has 18 heavy (non-hydrogen) atoms. The maximum absolute atomic E-state index is 11.6. The van der Waals surface area contributed by atoms with Gasteiger partial charge in [0.1, 0.15) is 5.25 Å². The summed E-state index contributed by atoms with van der Waals surface area (Å²) < 4.78 is 0. The lowest BCUT2D eigenvalue weighted by Gasteiger charge is -2.55. The minimum atomic E-state index is -0.564. The van der Waals surface area contributed by atoms with Crippen LogP contribution >= 0.6 is 11.8 Å². The predicted molar refractivity (Wildman–Crippen MR) is 74.7 cm³/mol. The molecule has 0 aromatic carbocycles. The number of rotatable bonds is 4. The Hall–Kier alpha value is -0.180. The highest BCUT2D eigenvalue weighted by Gasteiger charge is 2.52. The topological polar surface area (TPSA) is 37.3 Å². The quantitative estimate of drug-likeness (QED) is 0.845. The first-order valence-corrected chi connectivity index (χ1v) is 8.37. The molecule has 3 heteroatoms. The largest absolute Gasteiger partial charge is 0.480 e. The van der Waals surface area contributed by atoms with Gasteiger partial charge >= 0.3 is 5.97 Å². The van der Waals surface area contributed by atoms with Crippen molar-refractivity contribution >= 4 is 17.7 Å². The van der Waals surface area contributed by atoms with Gasteiger partial charge in [0.15, 0.2) is 0 Å². The van der Waals surface area contributed by atoms with Crippen molar-refractivity contribution in [1.29, 1.82) is 0 Å². The highest BCUT2D eigenvalue weighted by atomic mass is 32.2. The van der Waals surface area contributed by atoms with Crippen LogP contribution in [0.4, 0.5) is 0 Å². The molecule has 4 aliphatic carbocycles. The Labute approximate surface area is 114 Å². The molecular weight excluding hydrogens is 244 g/mol. The molecule has 1 unspecified atom stereocenters. The van der Waals surface area contributed by atoms with E-state index in [4.69, 9.17) is 0 Å². The smallest absolute Gasteiger partial charge is 0.316 e. The van der Waals surface area contributed by atoms with Crippen LogP contribution in [0.3, 0.4) is 0 Å². The molecule has 0 aromatic heterocycles. The van der Waals surface area contributed by atoms with Crippen LogP contribution in [0.5, 0.6) is 0 Å². The Balaban J connectivity index is 1.79. The third-order valence-electron chi connectivity index (χ3n) is 5.31. The van der Waals surface area contributed by atoms with E-state index in [-0.39, 0.29) is 5.25 Å². The van der Waals surface area contributed by atoms with Gasteiger partial charge in [0, 0.05) is 0 Å². The van der Waals surface area contributed by atoms with E-state index in [0.29, 0.717) is 23.0 Å². The van der Waals surface area contributed by atoms with Crippen LogP contribution in [0.25, 0.3) is 0 Å². The summed E-state index contributed by atoms with van der Waals surface area (Å²) in [5.41, 5.74) is 0. The Morgan fingerprint density at radius 1 is 1.06 bits per heavy atom. The van der Waals surface area contributed by atoms with Gasteiger partial charge in [-0.2, -0.15) is 0 Å². The Morgan fingerprint density at radius 3 is 1.94 bits per heavy atom. The Bertz CT molecular complexity index is 311. The highest BCUT2D eigenvalue weighted by Crippen LogP contribution is 2.58. The van der Waals surface area contributed by atoms with Gasteiger partial charge < -0.3 is 5.11 Å². The zero-order valence-electron chi connectivity index (χ0n) is 11.3. The number of thioether (sulfide) groups is 1. The lowest BCUT2D eigenvalue weighted by Crippen LogP contribution is -2.50. The minimum absolute atomic E-state index is 0.153. The molecule has 0 saturated heterocycles. The monoisotopic (exact) mass is 268 g/mol. The van der Waals surface area contributed by atoms with Crippen molar-refractivity contribution in [3.05, 3.63) is 0 Å². The van der Waals surface area contributed by atoms with Crippen LogP contribution in [-0.4, -0.2) is 21.6 Å². The van der Waals surface area contributed by atoms with Gasteiger partial charge in [-0.3, -0.25) is 4.79 Å². The third-order valence-corrected chi connectivity index (χ3v) is 6.66. The van der Waals surface area contributed by atoms with E-state index in [1.54, 1.807) is 11.8 Å². The summed E-state index contributed by atoms with van der Waals surface area (Å²) >= 11 is 1.69. The fraction of sp³-hybridized carbons (Fsp3) is 0.933. The van der Waals surface area contributed by atoms with Gasteiger partial charge in [-0.15, -0.1) is 11.8 Å². The van der Waals surface area contributed by atoms with E-state index < -0.39 is 5.97 Å². The third kappa shape index (κ3) is 2.19. The van der Waals surface area contributed by atoms with Crippen LogP contribution in [0.1, 0.15) is 46.0 Å². The Kier molecular flexibility index (Phi) is 3.38. The van der Waals surface area contributed by atoms with Crippen molar-refractivity contribution in [2.45, 2.75) is 56.5 Å². The first kappa shape index (κ1) is 12.8. The molecule has 0 spiro atoms.